The normalized spacial score (nSPS) is 12.5. The summed E-state index contributed by atoms with van der Waals surface area (Å²) in [6.07, 6.45) is 1.15. The van der Waals surface area contributed by atoms with Gasteiger partial charge in [0.1, 0.15) is 11.0 Å². The molecule has 0 spiro atoms. The molecule has 7 heteroatoms. The van der Waals surface area contributed by atoms with Crippen LogP contribution in [0.4, 0.5) is 0 Å². The molecular formula is C11H10N2O4S. The third kappa shape index (κ3) is 2.05. The highest BCUT2D eigenvalue weighted by Gasteiger charge is 2.12. The Balaban J connectivity index is 2.78. The summed E-state index contributed by atoms with van der Waals surface area (Å²) in [5.74, 6) is -1.13. The molecule has 0 aliphatic heterocycles. The zero-order valence-electron chi connectivity index (χ0n) is 9.39. The minimum atomic E-state index is -1.42. The number of carboxylic acids is 1. The SMILES string of the molecule is CNS(=O)c1ccc2c(C(=O)O)c[nH]c(=O)c2c1. The summed E-state index contributed by atoms with van der Waals surface area (Å²) in [6.45, 7) is 0. The van der Waals surface area contributed by atoms with E-state index >= 15 is 0 Å². The summed E-state index contributed by atoms with van der Waals surface area (Å²) in [6, 6.07) is 4.44. The van der Waals surface area contributed by atoms with Crippen LogP contribution < -0.4 is 10.3 Å². The zero-order chi connectivity index (χ0) is 13.3. The molecule has 0 aliphatic carbocycles. The Bertz CT molecular complexity index is 708. The molecule has 0 aliphatic rings. The molecule has 1 atom stereocenters. The molecule has 1 aromatic heterocycles. The van der Waals surface area contributed by atoms with E-state index in [9.17, 15) is 13.8 Å². The Morgan fingerprint density at radius 2 is 2.11 bits per heavy atom. The highest BCUT2D eigenvalue weighted by Crippen LogP contribution is 2.18. The number of hydrogen-bond donors (Lipinski definition) is 3. The quantitative estimate of drug-likeness (QED) is 0.751. The Hall–Kier alpha value is -1.99. The number of aromatic amines is 1. The van der Waals surface area contributed by atoms with Crippen LogP contribution in [-0.2, 0) is 11.0 Å². The fourth-order valence-corrected chi connectivity index (χ4v) is 2.30. The molecule has 6 nitrogen and oxygen atoms in total. The molecule has 94 valence electrons. The summed E-state index contributed by atoms with van der Waals surface area (Å²) in [5.41, 5.74) is -0.406. The van der Waals surface area contributed by atoms with E-state index in [0.29, 0.717) is 10.3 Å². The number of carbonyl (C=O) groups is 1. The van der Waals surface area contributed by atoms with E-state index in [1.165, 1.54) is 25.2 Å². The van der Waals surface area contributed by atoms with E-state index < -0.39 is 22.5 Å². The molecule has 1 aromatic carbocycles. The Labute approximate surface area is 104 Å². The molecule has 0 saturated carbocycles. The van der Waals surface area contributed by atoms with Crippen molar-refractivity contribution in [2.75, 3.05) is 7.05 Å². The van der Waals surface area contributed by atoms with Crippen LogP contribution in [0.1, 0.15) is 10.4 Å². The molecule has 18 heavy (non-hydrogen) atoms. The van der Waals surface area contributed by atoms with Gasteiger partial charge in [-0.3, -0.25) is 4.79 Å². The average Bonchev–Trinajstić information content (AvgIpc) is 2.37. The smallest absolute Gasteiger partial charge is 0.337 e. The van der Waals surface area contributed by atoms with Crippen molar-refractivity contribution in [2.24, 2.45) is 0 Å². The van der Waals surface area contributed by atoms with Gasteiger partial charge in [0.05, 0.1) is 10.5 Å². The second-order valence-electron chi connectivity index (χ2n) is 3.52. The highest BCUT2D eigenvalue weighted by atomic mass is 32.2. The number of aromatic nitrogens is 1. The topological polar surface area (TPSA) is 99.3 Å². The Kier molecular flexibility index (Phi) is 3.26. The monoisotopic (exact) mass is 266 g/mol. The van der Waals surface area contributed by atoms with Crippen molar-refractivity contribution in [1.29, 1.82) is 0 Å². The van der Waals surface area contributed by atoms with Crippen molar-refractivity contribution in [3.05, 3.63) is 40.3 Å². The number of pyridine rings is 1. The van der Waals surface area contributed by atoms with Gasteiger partial charge in [0, 0.05) is 17.0 Å². The van der Waals surface area contributed by atoms with Crippen LogP contribution in [0.3, 0.4) is 0 Å². The highest BCUT2D eigenvalue weighted by molar-refractivity contribution is 7.83. The molecular weight excluding hydrogens is 256 g/mol. The van der Waals surface area contributed by atoms with E-state index in [4.69, 9.17) is 5.11 Å². The van der Waals surface area contributed by atoms with Gasteiger partial charge in [0.2, 0.25) is 0 Å². The number of benzene rings is 1. The first-order valence-corrected chi connectivity index (χ1v) is 6.17. The van der Waals surface area contributed by atoms with Crippen LogP contribution in [0.15, 0.2) is 34.1 Å². The van der Waals surface area contributed by atoms with Gasteiger partial charge in [-0.25, -0.2) is 13.7 Å². The van der Waals surface area contributed by atoms with Crippen molar-refractivity contribution in [3.63, 3.8) is 0 Å². The van der Waals surface area contributed by atoms with Crippen molar-refractivity contribution >= 4 is 27.7 Å². The predicted molar refractivity (Wildman–Crippen MR) is 67.0 cm³/mol. The standard InChI is InChI=1S/C11H10N2O4S/c1-12-18(17)6-2-3-7-8(4-6)10(14)13-5-9(7)11(15)16/h2-5,12H,1H3,(H,13,14)(H,15,16). The largest absolute Gasteiger partial charge is 0.478 e. The van der Waals surface area contributed by atoms with Gasteiger partial charge in [0.25, 0.3) is 5.56 Å². The third-order valence-corrected chi connectivity index (χ3v) is 3.56. The van der Waals surface area contributed by atoms with Gasteiger partial charge in [-0.2, -0.15) is 0 Å². The first-order valence-electron chi connectivity index (χ1n) is 5.02. The summed E-state index contributed by atoms with van der Waals surface area (Å²) in [7, 11) is 0.104. The molecule has 3 N–H and O–H groups in total. The van der Waals surface area contributed by atoms with Crippen LogP contribution >= 0.6 is 0 Å². The van der Waals surface area contributed by atoms with Crippen molar-refractivity contribution < 1.29 is 14.1 Å². The Morgan fingerprint density at radius 3 is 2.72 bits per heavy atom. The van der Waals surface area contributed by atoms with Crippen molar-refractivity contribution in [2.45, 2.75) is 4.90 Å². The van der Waals surface area contributed by atoms with Gasteiger partial charge in [-0.15, -0.1) is 0 Å². The lowest BCUT2D eigenvalue weighted by Gasteiger charge is -2.04. The lowest BCUT2D eigenvalue weighted by molar-refractivity contribution is 0.0698. The average molecular weight is 266 g/mol. The molecule has 1 heterocycles. The first kappa shape index (κ1) is 12.5. The van der Waals surface area contributed by atoms with Gasteiger partial charge < -0.3 is 10.1 Å². The second-order valence-corrected chi connectivity index (χ2v) is 4.93. The van der Waals surface area contributed by atoms with Gasteiger partial charge in [0.15, 0.2) is 0 Å². The van der Waals surface area contributed by atoms with Crippen LogP contribution in [0.2, 0.25) is 0 Å². The lowest BCUT2D eigenvalue weighted by Crippen LogP contribution is -2.13. The Morgan fingerprint density at radius 1 is 1.39 bits per heavy atom. The fraction of sp³-hybridized carbons (Fsp3) is 0.0909. The van der Waals surface area contributed by atoms with Gasteiger partial charge in [-0.05, 0) is 19.2 Å². The fourth-order valence-electron chi connectivity index (χ4n) is 1.65. The number of rotatable bonds is 3. The second kappa shape index (κ2) is 4.71. The van der Waals surface area contributed by atoms with E-state index in [1.807, 2.05) is 0 Å². The molecule has 0 saturated heterocycles. The van der Waals surface area contributed by atoms with E-state index in [2.05, 4.69) is 9.71 Å². The third-order valence-electron chi connectivity index (χ3n) is 2.50. The maximum absolute atomic E-state index is 11.6. The number of aromatic carboxylic acids is 1. The van der Waals surface area contributed by atoms with Crippen molar-refractivity contribution in [1.82, 2.24) is 9.71 Å². The summed E-state index contributed by atoms with van der Waals surface area (Å²) < 4.78 is 14.1. The molecule has 0 amide bonds. The number of carboxylic acid groups (broad SMARTS) is 1. The van der Waals surface area contributed by atoms with Crippen LogP contribution in [0.5, 0.6) is 0 Å². The zero-order valence-corrected chi connectivity index (χ0v) is 10.2. The predicted octanol–water partition coefficient (Wildman–Crippen LogP) is 0.468. The lowest BCUT2D eigenvalue weighted by atomic mass is 10.1. The van der Waals surface area contributed by atoms with Gasteiger partial charge in [-0.1, -0.05) is 6.07 Å². The van der Waals surface area contributed by atoms with Gasteiger partial charge >= 0.3 is 5.97 Å². The summed E-state index contributed by atoms with van der Waals surface area (Å²) >= 11 is 0. The maximum Gasteiger partial charge on any atom is 0.337 e. The number of H-pyrrole nitrogens is 1. The number of nitrogens with one attached hydrogen (secondary N) is 2. The molecule has 0 fully saturated rings. The minimum absolute atomic E-state index is 0.00592. The molecule has 2 rings (SSSR count). The van der Waals surface area contributed by atoms with Crippen LogP contribution in [0.25, 0.3) is 10.8 Å². The molecule has 0 bridgehead atoms. The first-order chi connectivity index (χ1) is 8.54. The molecule has 1 unspecified atom stereocenters. The summed E-state index contributed by atoms with van der Waals surface area (Å²) in [4.78, 5) is 25.4. The number of hydrogen-bond acceptors (Lipinski definition) is 3. The van der Waals surface area contributed by atoms with E-state index in [-0.39, 0.29) is 10.9 Å². The molecule has 2 aromatic rings. The van der Waals surface area contributed by atoms with E-state index in [1.54, 1.807) is 0 Å². The minimum Gasteiger partial charge on any atom is -0.478 e. The maximum atomic E-state index is 11.6. The van der Waals surface area contributed by atoms with E-state index in [0.717, 1.165) is 6.20 Å². The molecule has 0 radical (unpaired) electrons. The number of fused-ring (bicyclic) bond motifs is 1. The van der Waals surface area contributed by atoms with Crippen molar-refractivity contribution in [3.8, 4) is 0 Å². The van der Waals surface area contributed by atoms with Crippen LogP contribution in [-0.4, -0.2) is 27.3 Å². The summed E-state index contributed by atoms with van der Waals surface area (Å²) in [5, 5.41) is 9.53. The van der Waals surface area contributed by atoms with Crippen LogP contribution in [0, 0.1) is 0 Å².